The molecule has 0 aliphatic rings. The Morgan fingerprint density at radius 2 is 1.55 bits per heavy atom. The van der Waals surface area contributed by atoms with E-state index in [9.17, 15) is 0 Å². The van der Waals surface area contributed by atoms with Gasteiger partial charge in [0.1, 0.15) is 0 Å². The fourth-order valence-electron chi connectivity index (χ4n) is 0.827. The van der Waals surface area contributed by atoms with Gasteiger partial charge >= 0.3 is 105 Å². The summed E-state index contributed by atoms with van der Waals surface area (Å²) in [6, 6.07) is 10.6. The Morgan fingerprint density at radius 1 is 1.00 bits per heavy atom. The second kappa shape index (κ2) is 4.73. The molecule has 0 spiro atoms. The van der Waals surface area contributed by atoms with Gasteiger partial charge in [-0.3, -0.25) is 0 Å². The van der Waals surface area contributed by atoms with E-state index in [4.69, 9.17) is 0 Å². The molecule has 1 aromatic carbocycles. The molecule has 0 aliphatic carbocycles. The average Bonchev–Trinajstić information content (AvgIpc) is 1.85. The first-order valence-electron chi connectivity index (χ1n) is 3.18. The Bertz CT molecular complexity index is 217. The molecule has 0 heterocycles. The third-order valence-electron chi connectivity index (χ3n) is 1.25. The Hall–Kier alpha value is 1.60. The van der Waals surface area contributed by atoms with Crippen molar-refractivity contribution in [1.29, 1.82) is 0 Å². The van der Waals surface area contributed by atoms with Crippen LogP contribution in [0.1, 0.15) is 0 Å². The van der Waals surface area contributed by atoms with Crippen LogP contribution in [0, 0.1) is 0 Å². The molecule has 11 heavy (non-hydrogen) atoms. The SMILES string of the molecule is Br[C](Br)(Br)[Hg][c]1ccccc1. The third-order valence-corrected chi connectivity index (χ3v) is 13.6. The Kier molecular flexibility index (Phi) is 4.59. The molecule has 4 heteroatoms. The second-order valence-corrected chi connectivity index (χ2v) is 30.3. The monoisotopic (exact) mass is 528 g/mol. The molecule has 1 rings (SSSR count). The zero-order valence-electron chi connectivity index (χ0n) is 5.73. The van der Waals surface area contributed by atoms with E-state index in [1.807, 2.05) is 0 Å². The van der Waals surface area contributed by atoms with Crippen LogP contribution in [0.15, 0.2) is 30.3 Å². The number of benzene rings is 1. The predicted octanol–water partition coefficient (Wildman–Crippen LogP) is 3.19. The number of alkyl halides is 3. The molecule has 0 fully saturated rings. The van der Waals surface area contributed by atoms with Crippen LogP contribution < -0.4 is 3.07 Å². The van der Waals surface area contributed by atoms with Gasteiger partial charge in [0.15, 0.2) is 0 Å². The number of hydrogen-bond donors (Lipinski definition) is 0. The molecule has 0 atom stereocenters. The number of hydrogen-bond acceptors (Lipinski definition) is 0. The van der Waals surface area contributed by atoms with E-state index >= 15 is 0 Å². The van der Waals surface area contributed by atoms with Gasteiger partial charge in [0.05, 0.1) is 0 Å². The van der Waals surface area contributed by atoms with Crippen molar-refractivity contribution in [2.24, 2.45) is 0 Å². The zero-order valence-corrected chi connectivity index (χ0v) is 16.0. The van der Waals surface area contributed by atoms with Gasteiger partial charge in [0.2, 0.25) is 0 Å². The van der Waals surface area contributed by atoms with Crippen molar-refractivity contribution < 1.29 is 24.6 Å². The van der Waals surface area contributed by atoms with Crippen molar-refractivity contribution in [3.8, 4) is 0 Å². The van der Waals surface area contributed by atoms with Gasteiger partial charge in [-0.15, -0.1) is 0 Å². The van der Waals surface area contributed by atoms with Gasteiger partial charge in [-0.2, -0.15) is 0 Å². The second-order valence-electron chi connectivity index (χ2n) is 2.28. The van der Waals surface area contributed by atoms with E-state index in [1.165, 1.54) is 3.07 Å². The zero-order chi connectivity index (χ0) is 8.32. The van der Waals surface area contributed by atoms with Crippen LogP contribution in [0.4, 0.5) is 0 Å². The first-order chi connectivity index (χ1) is 5.08. The molecule has 0 amide bonds. The molecule has 0 aliphatic heterocycles. The molecule has 0 saturated carbocycles. The summed E-state index contributed by atoms with van der Waals surface area (Å²) in [6.07, 6.45) is 0. The van der Waals surface area contributed by atoms with Gasteiger partial charge in [-0.1, -0.05) is 0 Å². The first-order valence-corrected chi connectivity index (χ1v) is 11.1. The maximum atomic E-state index is 3.55. The fourth-order valence-corrected chi connectivity index (χ4v) is 13.1. The normalized spacial score (nSPS) is 10.8. The van der Waals surface area contributed by atoms with E-state index in [0.29, 0.717) is 0 Å². The Morgan fingerprint density at radius 3 is 2.00 bits per heavy atom. The first kappa shape index (κ1) is 10.7. The Balaban J connectivity index is 2.66. The minimum atomic E-state index is -1.06. The van der Waals surface area contributed by atoms with Crippen LogP contribution in [0.2, 0.25) is 0 Å². The van der Waals surface area contributed by atoms with Crippen LogP contribution in [-0.2, 0) is 24.6 Å². The molecular formula is C7H5Br3Hg. The molecule has 1 aromatic rings. The van der Waals surface area contributed by atoms with Crippen molar-refractivity contribution >= 4 is 50.9 Å². The van der Waals surface area contributed by atoms with E-state index in [2.05, 4.69) is 78.1 Å². The van der Waals surface area contributed by atoms with Crippen molar-refractivity contribution in [3.63, 3.8) is 0 Å². The standard InChI is InChI=1S/C6H5.CBr3.Hg/c1-2-4-6-5-3-1;2-1(3)4;/h1-5H;;. The molecule has 0 nitrogen and oxygen atoms in total. The summed E-state index contributed by atoms with van der Waals surface area (Å²) in [5.74, 6) is 0. The van der Waals surface area contributed by atoms with Crippen LogP contribution in [0.5, 0.6) is 0 Å². The topological polar surface area (TPSA) is 0 Å². The molecular weight excluding hydrogens is 524 g/mol. The van der Waals surface area contributed by atoms with Gasteiger partial charge in [-0.25, -0.2) is 0 Å². The maximum absolute atomic E-state index is 3.55. The minimum absolute atomic E-state index is 0.0638. The molecule has 0 radical (unpaired) electrons. The summed E-state index contributed by atoms with van der Waals surface area (Å²) in [5.41, 5.74) is 0. The summed E-state index contributed by atoms with van der Waals surface area (Å²) in [4.78, 5) is 0. The van der Waals surface area contributed by atoms with Crippen molar-refractivity contribution in [1.82, 2.24) is 0 Å². The summed E-state index contributed by atoms with van der Waals surface area (Å²) in [6.45, 7) is 0. The molecule has 0 N–H and O–H groups in total. The predicted molar refractivity (Wildman–Crippen MR) is 55.6 cm³/mol. The molecule has 0 unspecified atom stereocenters. The van der Waals surface area contributed by atoms with Gasteiger partial charge in [0, 0.05) is 0 Å². The van der Waals surface area contributed by atoms with Crippen LogP contribution in [0.3, 0.4) is 0 Å². The van der Waals surface area contributed by atoms with E-state index in [0.717, 1.165) is 0 Å². The van der Waals surface area contributed by atoms with Gasteiger partial charge in [0.25, 0.3) is 0 Å². The van der Waals surface area contributed by atoms with Crippen LogP contribution >= 0.6 is 47.8 Å². The quantitative estimate of drug-likeness (QED) is 0.388. The molecule has 0 bridgehead atoms. The molecule has 0 aromatic heterocycles. The molecule has 56 valence electrons. The summed E-state index contributed by atoms with van der Waals surface area (Å²) >= 11 is 9.58. The average molecular weight is 529 g/mol. The van der Waals surface area contributed by atoms with Crippen molar-refractivity contribution in [2.45, 2.75) is -0.348 Å². The third kappa shape index (κ3) is 5.01. The number of rotatable bonds is 1. The van der Waals surface area contributed by atoms with Gasteiger partial charge in [-0.05, 0) is 0 Å². The summed E-state index contributed by atoms with van der Waals surface area (Å²) in [5, 5.41) is 0. The fraction of sp³-hybridized carbons (Fsp3) is 0.143. The van der Waals surface area contributed by atoms with Crippen LogP contribution in [0.25, 0.3) is 0 Å². The molecule has 0 saturated heterocycles. The van der Waals surface area contributed by atoms with E-state index < -0.39 is 24.6 Å². The number of halogens is 3. The van der Waals surface area contributed by atoms with E-state index in [-0.39, 0.29) is -0.348 Å². The summed E-state index contributed by atoms with van der Waals surface area (Å²) in [7, 11) is 0. The van der Waals surface area contributed by atoms with E-state index in [1.54, 1.807) is 0 Å². The van der Waals surface area contributed by atoms with Crippen molar-refractivity contribution in [3.05, 3.63) is 30.3 Å². The Labute approximate surface area is 104 Å². The van der Waals surface area contributed by atoms with Gasteiger partial charge < -0.3 is 0 Å². The van der Waals surface area contributed by atoms with Crippen LogP contribution in [-0.4, -0.2) is -0.348 Å². The van der Waals surface area contributed by atoms with Crippen molar-refractivity contribution in [2.75, 3.05) is 0 Å². The summed E-state index contributed by atoms with van der Waals surface area (Å²) < 4.78 is 1.58.